The lowest BCUT2D eigenvalue weighted by molar-refractivity contribution is 0.0282. The first kappa shape index (κ1) is 13.6. The van der Waals surface area contributed by atoms with Gasteiger partial charge in [-0.05, 0) is 37.8 Å². The summed E-state index contributed by atoms with van der Waals surface area (Å²) in [6.07, 6.45) is 3.45. The third-order valence-corrected chi connectivity index (χ3v) is 4.17. The number of imidazole rings is 1. The number of benzene rings is 1. The van der Waals surface area contributed by atoms with Crippen molar-refractivity contribution in [3.63, 3.8) is 0 Å². The molecule has 1 heterocycles. The highest BCUT2D eigenvalue weighted by atomic mass is 16.5. The summed E-state index contributed by atoms with van der Waals surface area (Å²) in [6, 6.07) is 8.23. The molecule has 108 valence electrons. The van der Waals surface area contributed by atoms with E-state index in [2.05, 4.69) is 17.7 Å². The standard InChI is InChI=1S/C16H23N3O/c1-3-20-16(11-8-9-11)12(17)10-15-18-13-6-4-5-7-14(13)19(15)2/h4-7,11-12,16H,3,8-10,17H2,1-2H3. The van der Waals surface area contributed by atoms with Crippen molar-refractivity contribution in [2.75, 3.05) is 6.61 Å². The molecule has 4 heteroatoms. The fourth-order valence-electron chi connectivity index (χ4n) is 2.93. The number of hydrogen-bond donors (Lipinski definition) is 1. The summed E-state index contributed by atoms with van der Waals surface area (Å²) in [5, 5.41) is 0. The zero-order chi connectivity index (χ0) is 14.1. The maximum absolute atomic E-state index is 6.39. The van der Waals surface area contributed by atoms with Gasteiger partial charge in [0.1, 0.15) is 5.82 Å². The largest absolute Gasteiger partial charge is 0.377 e. The van der Waals surface area contributed by atoms with Gasteiger partial charge in [0.2, 0.25) is 0 Å². The van der Waals surface area contributed by atoms with Crippen LogP contribution >= 0.6 is 0 Å². The zero-order valence-electron chi connectivity index (χ0n) is 12.2. The number of nitrogens with zero attached hydrogens (tertiary/aromatic N) is 2. The lowest BCUT2D eigenvalue weighted by Crippen LogP contribution is -2.40. The average Bonchev–Trinajstić information content (AvgIpc) is 3.23. The molecule has 3 rings (SSSR count). The van der Waals surface area contributed by atoms with Gasteiger partial charge in [-0.15, -0.1) is 0 Å². The SMILES string of the molecule is CCOC(C(N)Cc1nc2ccccc2n1C)C1CC1. The minimum atomic E-state index is 0.0259. The number of hydrogen-bond acceptors (Lipinski definition) is 3. The second kappa shape index (κ2) is 5.54. The third-order valence-electron chi connectivity index (χ3n) is 4.17. The van der Waals surface area contributed by atoms with E-state index >= 15 is 0 Å². The van der Waals surface area contributed by atoms with Crippen molar-refractivity contribution in [2.45, 2.75) is 38.3 Å². The van der Waals surface area contributed by atoms with Crippen molar-refractivity contribution in [1.29, 1.82) is 0 Å². The van der Waals surface area contributed by atoms with Gasteiger partial charge in [0.25, 0.3) is 0 Å². The first-order valence-electron chi connectivity index (χ1n) is 7.48. The number of aromatic nitrogens is 2. The molecule has 1 aromatic heterocycles. The smallest absolute Gasteiger partial charge is 0.111 e. The number of fused-ring (bicyclic) bond motifs is 1. The highest BCUT2D eigenvalue weighted by Crippen LogP contribution is 2.36. The van der Waals surface area contributed by atoms with Crippen LogP contribution in [0.4, 0.5) is 0 Å². The molecule has 0 radical (unpaired) electrons. The van der Waals surface area contributed by atoms with Gasteiger partial charge in [0, 0.05) is 26.1 Å². The highest BCUT2D eigenvalue weighted by Gasteiger charge is 2.36. The molecule has 1 saturated carbocycles. The molecule has 2 unspecified atom stereocenters. The van der Waals surface area contributed by atoms with Crippen LogP contribution < -0.4 is 5.73 Å². The van der Waals surface area contributed by atoms with E-state index in [0.717, 1.165) is 29.9 Å². The van der Waals surface area contributed by atoms with Crippen LogP contribution in [0.3, 0.4) is 0 Å². The molecule has 1 aromatic carbocycles. The van der Waals surface area contributed by atoms with Crippen molar-refractivity contribution >= 4 is 11.0 Å². The fourth-order valence-corrected chi connectivity index (χ4v) is 2.93. The predicted molar refractivity (Wildman–Crippen MR) is 80.5 cm³/mol. The van der Waals surface area contributed by atoms with Gasteiger partial charge in [0.05, 0.1) is 17.1 Å². The number of nitrogens with two attached hydrogens (primary N) is 1. The molecule has 1 fully saturated rings. The van der Waals surface area contributed by atoms with E-state index < -0.39 is 0 Å². The van der Waals surface area contributed by atoms with E-state index in [9.17, 15) is 0 Å². The van der Waals surface area contributed by atoms with Gasteiger partial charge in [-0.2, -0.15) is 0 Å². The second-order valence-corrected chi connectivity index (χ2v) is 5.70. The highest BCUT2D eigenvalue weighted by molar-refractivity contribution is 5.75. The Kier molecular flexibility index (Phi) is 3.76. The molecule has 0 bridgehead atoms. The monoisotopic (exact) mass is 273 g/mol. The molecular weight excluding hydrogens is 250 g/mol. The Balaban J connectivity index is 1.79. The van der Waals surface area contributed by atoms with Crippen molar-refractivity contribution in [1.82, 2.24) is 9.55 Å². The Morgan fingerprint density at radius 2 is 2.15 bits per heavy atom. The van der Waals surface area contributed by atoms with Gasteiger partial charge >= 0.3 is 0 Å². The minimum Gasteiger partial charge on any atom is -0.377 e. The van der Waals surface area contributed by atoms with Gasteiger partial charge < -0.3 is 15.0 Å². The summed E-state index contributed by atoms with van der Waals surface area (Å²) in [6.45, 7) is 2.77. The van der Waals surface area contributed by atoms with Crippen LogP contribution in [0.15, 0.2) is 24.3 Å². The fraction of sp³-hybridized carbons (Fsp3) is 0.562. The van der Waals surface area contributed by atoms with Gasteiger partial charge in [-0.25, -0.2) is 4.98 Å². The van der Waals surface area contributed by atoms with E-state index in [-0.39, 0.29) is 12.1 Å². The molecule has 0 aliphatic heterocycles. The minimum absolute atomic E-state index is 0.0259. The Hall–Kier alpha value is -1.39. The molecular formula is C16H23N3O. The topological polar surface area (TPSA) is 53.1 Å². The predicted octanol–water partition coefficient (Wildman–Crippen LogP) is 2.26. The van der Waals surface area contributed by atoms with Crippen LogP contribution in [-0.2, 0) is 18.2 Å². The first-order chi connectivity index (χ1) is 9.70. The lowest BCUT2D eigenvalue weighted by atomic mass is 10.0. The molecule has 0 amide bonds. The number of aryl methyl sites for hydroxylation is 1. The molecule has 4 nitrogen and oxygen atoms in total. The summed E-state index contributed by atoms with van der Waals surface area (Å²) < 4.78 is 8.00. The number of para-hydroxylation sites is 2. The first-order valence-corrected chi connectivity index (χ1v) is 7.48. The van der Waals surface area contributed by atoms with Crippen LogP contribution in [0.25, 0.3) is 11.0 Å². The summed E-state index contributed by atoms with van der Waals surface area (Å²) >= 11 is 0. The normalized spacial score (nSPS) is 18.4. The third kappa shape index (κ3) is 2.58. The second-order valence-electron chi connectivity index (χ2n) is 5.70. The molecule has 2 aromatic rings. The van der Waals surface area contributed by atoms with Crippen LogP contribution in [0, 0.1) is 5.92 Å². The molecule has 2 atom stereocenters. The van der Waals surface area contributed by atoms with Crippen LogP contribution in [0.5, 0.6) is 0 Å². The Morgan fingerprint density at radius 1 is 1.40 bits per heavy atom. The number of ether oxygens (including phenoxy) is 1. The van der Waals surface area contributed by atoms with Crippen molar-refractivity contribution in [3.05, 3.63) is 30.1 Å². The van der Waals surface area contributed by atoms with Crippen molar-refractivity contribution in [3.8, 4) is 0 Å². The summed E-state index contributed by atoms with van der Waals surface area (Å²) in [5.74, 6) is 1.70. The zero-order valence-corrected chi connectivity index (χ0v) is 12.2. The van der Waals surface area contributed by atoms with Gasteiger partial charge in [0.15, 0.2) is 0 Å². The van der Waals surface area contributed by atoms with Crippen molar-refractivity contribution in [2.24, 2.45) is 18.7 Å². The Morgan fingerprint density at radius 3 is 2.80 bits per heavy atom. The van der Waals surface area contributed by atoms with E-state index in [4.69, 9.17) is 15.5 Å². The maximum atomic E-state index is 6.39. The van der Waals surface area contributed by atoms with E-state index in [1.54, 1.807) is 0 Å². The van der Waals surface area contributed by atoms with E-state index in [0.29, 0.717) is 5.92 Å². The lowest BCUT2D eigenvalue weighted by Gasteiger charge is -2.23. The molecule has 2 N–H and O–H groups in total. The molecule has 20 heavy (non-hydrogen) atoms. The van der Waals surface area contributed by atoms with E-state index in [1.165, 1.54) is 12.8 Å². The molecule has 1 aliphatic rings. The van der Waals surface area contributed by atoms with Crippen molar-refractivity contribution < 1.29 is 4.74 Å². The summed E-state index contributed by atoms with van der Waals surface area (Å²) in [5.41, 5.74) is 8.59. The van der Waals surface area contributed by atoms with Gasteiger partial charge in [-0.1, -0.05) is 12.1 Å². The Labute approximate surface area is 119 Å². The summed E-state index contributed by atoms with van der Waals surface area (Å²) in [7, 11) is 2.06. The van der Waals surface area contributed by atoms with Gasteiger partial charge in [-0.3, -0.25) is 0 Å². The van der Waals surface area contributed by atoms with Crippen LogP contribution in [0.1, 0.15) is 25.6 Å². The molecule has 1 aliphatic carbocycles. The maximum Gasteiger partial charge on any atom is 0.111 e. The molecule has 0 saturated heterocycles. The molecule has 0 spiro atoms. The van der Waals surface area contributed by atoms with Crippen LogP contribution in [-0.4, -0.2) is 28.3 Å². The number of rotatable bonds is 6. The Bertz CT molecular complexity index is 588. The quantitative estimate of drug-likeness (QED) is 0.878. The summed E-state index contributed by atoms with van der Waals surface area (Å²) in [4.78, 5) is 4.70. The van der Waals surface area contributed by atoms with Crippen LogP contribution in [0.2, 0.25) is 0 Å². The average molecular weight is 273 g/mol. The van der Waals surface area contributed by atoms with E-state index in [1.807, 2.05) is 25.1 Å².